The molecule has 1 unspecified atom stereocenters. The number of hydrogen-bond acceptors (Lipinski definition) is 3. The molecule has 0 aromatic carbocycles. The molecule has 0 aliphatic rings. The Labute approximate surface area is 70.5 Å². The minimum atomic E-state index is -0.835. The van der Waals surface area contributed by atoms with Crippen LogP contribution in [-0.2, 0) is 4.43 Å². The molecular weight excluding hydrogens is 158 g/mol. The van der Waals surface area contributed by atoms with E-state index in [0.29, 0.717) is 6.54 Å². The zero-order chi connectivity index (χ0) is 8.53. The van der Waals surface area contributed by atoms with E-state index >= 15 is 0 Å². The summed E-state index contributed by atoms with van der Waals surface area (Å²) in [5.41, 5.74) is 0. The van der Waals surface area contributed by atoms with Crippen molar-refractivity contribution in [3.05, 3.63) is 0 Å². The van der Waals surface area contributed by atoms with Gasteiger partial charge in [-0.25, -0.2) is 0 Å². The van der Waals surface area contributed by atoms with Crippen LogP contribution < -0.4 is 5.32 Å². The highest BCUT2D eigenvalue weighted by Crippen LogP contribution is 1.90. The SMILES string of the molecule is CC[SiH](C)OCCNCCO. The standard InChI is InChI=1S/C7H19NO2Si/c1-3-11(2)10-7-5-8-4-6-9/h8-9,11H,3-7H2,1-2H3. The van der Waals surface area contributed by atoms with Crippen LogP contribution in [0.2, 0.25) is 12.6 Å². The van der Waals surface area contributed by atoms with Crippen LogP contribution in [0.3, 0.4) is 0 Å². The quantitative estimate of drug-likeness (QED) is 0.423. The highest BCUT2D eigenvalue weighted by molar-refractivity contribution is 6.49. The lowest BCUT2D eigenvalue weighted by molar-refractivity contribution is 0.277. The molecule has 0 aromatic heterocycles. The summed E-state index contributed by atoms with van der Waals surface area (Å²) in [5.74, 6) is 0. The molecule has 0 fully saturated rings. The van der Waals surface area contributed by atoms with Gasteiger partial charge >= 0.3 is 0 Å². The molecule has 1 atom stereocenters. The second kappa shape index (κ2) is 8.20. The zero-order valence-electron chi connectivity index (χ0n) is 7.47. The maximum absolute atomic E-state index is 8.43. The fourth-order valence-corrected chi connectivity index (χ4v) is 1.41. The van der Waals surface area contributed by atoms with Gasteiger partial charge in [0.25, 0.3) is 0 Å². The summed E-state index contributed by atoms with van der Waals surface area (Å²) >= 11 is 0. The molecule has 0 aromatic rings. The number of aliphatic hydroxyl groups is 1. The zero-order valence-corrected chi connectivity index (χ0v) is 8.62. The van der Waals surface area contributed by atoms with Gasteiger partial charge in [0.2, 0.25) is 0 Å². The monoisotopic (exact) mass is 177 g/mol. The van der Waals surface area contributed by atoms with Gasteiger partial charge in [-0.1, -0.05) is 6.92 Å². The van der Waals surface area contributed by atoms with E-state index in [1.54, 1.807) is 0 Å². The summed E-state index contributed by atoms with van der Waals surface area (Å²) in [6.45, 7) is 6.90. The van der Waals surface area contributed by atoms with Gasteiger partial charge in [0.15, 0.2) is 9.04 Å². The first-order chi connectivity index (χ1) is 5.31. The Morgan fingerprint density at radius 2 is 2.18 bits per heavy atom. The Morgan fingerprint density at radius 3 is 2.73 bits per heavy atom. The van der Waals surface area contributed by atoms with Gasteiger partial charge in [0.1, 0.15) is 0 Å². The van der Waals surface area contributed by atoms with Gasteiger partial charge in [-0.05, 0) is 12.6 Å². The normalized spacial score (nSPS) is 13.4. The van der Waals surface area contributed by atoms with Gasteiger partial charge < -0.3 is 14.8 Å². The number of rotatable bonds is 7. The topological polar surface area (TPSA) is 41.5 Å². The van der Waals surface area contributed by atoms with Crippen LogP contribution in [0, 0.1) is 0 Å². The van der Waals surface area contributed by atoms with Crippen molar-refractivity contribution >= 4 is 9.04 Å². The molecule has 0 amide bonds. The summed E-state index contributed by atoms with van der Waals surface area (Å²) in [4.78, 5) is 0. The number of nitrogens with one attached hydrogen (secondary N) is 1. The van der Waals surface area contributed by atoms with Gasteiger partial charge in [0.05, 0.1) is 6.61 Å². The third-order valence-electron chi connectivity index (χ3n) is 1.54. The molecule has 0 spiro atoms. The first-order valence-corrected chi connectivity index (χ1v) is 6.68. The van der Waals surface area contributed by atoms with Crippen molar-refractivity contribution in [1.29, 1.82) is 0 Å². The summed E-state index contributed by atoms with van der Waals surface area (Å²) in [7, 11) is -0.835. The van der Waals surface area contributed by atoms with E-state index in [4.69, 9.17) is 9.53 Å². The molecular formula is C7H19NO2Si. The highest BCUT2D eigenvalue weighted by atomic mass is 28.3. The molecule has 4 heteroatoms. The van der Waals surface area contributed by atoms with Crippen LogP contribution in [0.5, 0.6) is 0 Å². The molecule has 0 saturated carbocycles. The second-order valence-electron chi connectivity index (χ2n) is 2.56. The van der Waals surface area contributed by atoms with Crippen LogP contribution in [-0.4, -0.2) is 40.5 Å². The molecule has 0 aliphatic heterocycles. The van der Waals surface area contributed by atoms with E-state index in [-0.39, 0.29) is 6.61 Å². The Kier molecular flexibility index (Phi) is 8.27. The Bertz CT molecular complexity index is 82.8. The van der Waals surface area contributed by atoms with Crippen LogP contribution in [0.1, 0.15) is 6.92 Å². The van der Waals surface area contributed by atoms with Crippen LogP contribution in [0.25, 0.3) is 0 Å². The fourth-order valence-electron chi connectivity index (χ4n) is 0.654. The van der Waals surface area contributed by atoms with E-state index in [1.807, 2.05) is 0 Å². The Hall–Kier alpha value is 0.0969. The third kappa shape index (κ3) is 8.00. The molecule has 0 aliphatic carbocycles. The van der Waals surface area contributed by atoms with E-state index < -0.39 is 9.04 Å². The van der Waals surface area contributed by atoms with Gasteiger partial charge in [0, 0.05) is 19.7 Å². The predicted octanol–water partition coefficient (Wildman–Crippen LogP) is -0.0416. The van der Waals surface area contributed by atoms with E-state index in [2.05, 4.69) is 18.8 Å². The maximum Gasteiger partial charge on any atom is 0.173 e. The molecule has 68 valence electrons. The average Bonchev–Trinajstić information content (AvgIpc) is 2.04. The van der Waals surface area contributed by atoms with Crippen LogP contribution in [0.4, 0.5) is 0 Å². The largest absolute Gasteiger partial charge is 0.419 e. The third-order valence-corrected chi connectivity index (χ3v) is 3.50. The first kappa shape index (κ1) is 11.1. The van der Waals surface area contributed by atoms with Crippen LogP contribution in [0.15, 0.2) is 0 Å². The Morgan fingerprint density at radius 1 is 1.45 bits per heavy atom. The van der Waals surface area contributed by atoms with Crippen molar-refractivity contribution < 1.29 is 9.53 Å². The Balaban J connectivity index is 2.89. The molecule has 3 nitrogen and oxygen atoms in total. The maximum atomic E-state index is 8.43. The first-order valence-electron chi connectivity index (χ1n) is 4.24. The summed E-state index contributed by atoms with van der Waals surface area (Å²) in [6.07, 6.45) is 0. The minimum absolute atomic E-state index is 0.209. The van der Waals surface area contributed by atoms with Crippen molar-refractivity contribution in [2.75, 3.05) is 26.3 Å². The summed E-state index contributed by atoms with van der Waals surface area (Å²) in [6, 6.07) is 1.19. The lowest BCUT2D eigenvalue weighted by atomic mass is 10.6. The predicted molar refractivity (Wildman–Crippen MR) is 49.4 cm³/mol. The van der Waals surface area contributed by atoms with E-state index in [1.165, 1.54) is 6.04 Å². The molecule has 11 heavy (non-hydrogen) atoms. The summed E-state index contributed by atoms with van der Waals surface area (Å²) < 4.78 is 5.53. The second-order valence-corrected chi connectivity index (χ2v) is 5.33. The van der Waals surface area contributed by atoms with Crippen LogP contribution >= 0.6 is 0 Å². The molecule has 0 radical (unpaired) electrons. The van der Waals surface area contributed by atoms with Gasteiger partial charge in [-0.3, -0.25) is 0 Å². The molecule has 2 N–H and O–H groups in total. The van der Waals surface area contributed by atoms with Crippen molar-refractivity contribution in [2.45, 2.75) is 19.5 Å². The van der Waals surface area contributed by atoms with Gasteiger partial charge in [-0.15, -0.1) is 0 Å². The summed E-state index contributed by atoms with van der Waals surface area (Å²) in [5, 5.41) is 11.5. The van der Waals surface area contributed by atoms with Crippen molar-refractivity contribution in [3.63, 3.8) is 0 Å². The lowest BCUT2D eigenvalue weighted by Gasteiger charge is -2.08. The highest BCUT2D eigenvalue weighted by Gasteiger charge is 1.98. The fraction of sp³-hybridized carbons (Fsp3) is 1.00. The van der Waals surface area contributed by atoms with Crippen molar-refractivity contribution in [3.8, 4) is 0 Å². The number of aliphatic hydroxyl groups excluding tert-OH is 1. The van der Waals surface area contributed by atoms with Crippen molar-refractivity contribution in [2.24, 2.45) is 0 Å². The van der Waals surface area contributed by atoms with Gasteiger partial charge in [-0.2, -0.15) is 0 Å². The lowest BCUT2D eigenvalue weighted by Crippen LogP contribution is -2.25. The molecule has 0 heterocycles. The molecule has 0 saturated heterocycles. The van der Waals surface area contributed by atoms with E-state index in [9.17, 15) is 0 Å². The minimum Gasteiger partial charge on any atom is -0.419 e. The van der Waals surface area contributed by atoms with Crippen molar-refractivity contribution in [1.82, 2.24) is 5.32 Å². The number of hydrogen-bond donors (Lipinski definition) is 2. The van der Waals surface area contributed by atoms with E-state index in [0.717, 1.165) is 13.2 Å². The molecule has 0 bridgehead atoms. The average molecular weight is 177 g/mol. The molecule has 0 rings (SSSR count). The smallest absolute Gasteiger partial charge is 0.173 e.